The van der Waals surface area contributed by atoms with Gasteiger partial charge in [-0.1, -0.05) is 0 Å². The first-order valence-corrected chi connectivity index (χ1v) is 9.87. The van der Waals surface area contributed by atoms with Gasteiger partial charge in [0.05, 0.1) is 0 Å². The molecule has 0 bridgehead atoms. The Morgan fingerprint density at radius 2 is 1.74 bits per heavy atom. The maximum Gasteiger partial charge on any atom is 0.272 e. The SMILES string of the molecule is CCN(CC)c1ccc(Nc2cc(C(=O)N3CCCCC3)nc(C)n2)cc1. The van der Waals surface area contributed by atoms with Crippen molar-refractivity contribution in [3.05, 3.63) is 41.9 Å². The number of nitrogens with one attached hydrogen (secondary N) is 1. The number of hydrogen-bond donors (Lipinski definition) is 1. The molecule has 2 aromatic rings. The Hall–Kier alpha value is -2.63. The molecule has 0 spiro atoms. The number of benzene rings is 1. The van der Waals surface area contributed by atoms with Gasteiger partial charge in [0.25, 0.3) is 5.91 Å². The summed E-state index contributed by atoms with van der Waals surface area (Å²) < 4.78 is 0. The van der Waals surface area contributed by atoms with Crippen LogP contribution in [0, 0.1) is 6.92 Å². The van der Waals surface area contributed by atoms with Crippen molar-refractivity contribution in [2.75, 3.05) is 36.4 Å². The van der Waals surface area contributed by atoms with Crippen molar-refractivity contribution in [2.45, 2.75) is 40.0 Å². The molecule has 0 aliphatic carbocycles. The normalized spacial score (nSPS) is 14.1. The number of aromatic nitrogens is 2. The summed E-state index contributed by atoms with van der Waals surface area (Å²) in [4.78, 5) is 25.7. The summed E-state index contributed by atoms with van der Waals surface area (Å²) in [6.45, 7) is 9.73. The minimum absolute atomic E-state index is 0.000122. The van der Waals surface area contributed by atoms with Gasteiger partial charge in [0.15, 0.2) is 0 Å². The van der Waals surface area contributed by atoms with E-state index in [1.807, 2.05) is 24.0 Å². The van der Waals surface area contributed by atoms with E-state index in [1.54, 1.807) is 6.07 Å². The van der Waals surface area contributed by atoms with Gasteiger partial charge in [-0.05, 0) is 64.3 Å². The van der Waals surface area contributed by atoms with Gasteiger partial charge in [0.1, 0.15) is 17.3 Å². The predicted octanol–water partition coefficient (Wildman–Crippen LogP) is 4.00. The molecule has 0 radical (unpaired) electrons. The highest BCUT2D eigenvalue weighted by Gasteiger charge is 2.20. The first-order valence-electron chi connectivity index (χ1n) is 9.87. The number of carbonyl (C=O) groups is 1. The van der Waals surface area contributed by atoms with Crippen LogP contribution >= 0.6 is 0 Å². The Morgan fingerprint density at radius 3 is 2.37 bits per heavy atom. The number of piperidine rings is 1. The third-order valence-electron chi connectivity index (χ3n) is 4.97. The van der Waals surface area contributed by atoms with Crippen molar-refractivity contribution in [1.29, 1.82) is 0 Å². The fourth-order valence-electron chi connectivity index (χ4n) is 3.49. The van der Waals surface area contributed by atoms with E-state index in [0.717, 1.165) is 44.7 Å². The van der Waals surface area contributed by atoms with E-state index in [0.29, 0.717) is 17.3 Å². The van der Waals surface area contributed by atoms with E-state index in [4.69, 9.17) is 0 Å². The van der Waals surface area contributed by atoms with Crippen molar-refractivity contribution in [2.24, 2.45) is 0 Å². The Balaban J connectivity index is 1.75. The van der Waals surface area contributed by atoms with Crippen LogP contribution in [0.5, 0.6) is 0 Å². The highest BCUT2D eigenvalue weighted by atomic mass is 16.2. The van der Waals surface area contributed by atoms with Gasteiger partial charge in [0, 0.05) is 43.6 Å². The molecule has 3 rings (SSSR count). The topological polar surface area (TPSA) is 61.4 Å². The molecule has 0 unspecified atom stereocenters. The van der Waals surface area contributed by atoms with Crippen LogP contribution in [0.1, 0.15) is 49.4 Å². The lowest BCUT2D eigenvalue weighted by Crippen LogP contribution is -2.36. The standard InChI is InChI=1S/C21H29N5O/c1-4-25(5-2)18-11-9-17(10-12-18)24-20-15-19(22-16(3)23-20)21(27)26-13-7-6-8-14-26/h9-12,15H,4-8,13-14H2,1-3H3,(H,22,23,24). The summed E-state index contributed by atoms with van der Waals surface area (Å²) in [7, 11) is 0. The molecular formula is C21H29N5O. The Kier molecular flexibility index (Phi) is 6.27. The van der Waals surface area contributed by atoms with Crippen molar-refractivity contribution in [3.8, 4) is 0 Å². The van der Waals surface area contributed by atoms with Crippen LogP contribution in [0.2, 0.25) is 0 Å². The molecule has 1 amide bonds. The molecule has 1 N–H and O–H groups in total. The Morgan fingerprint density at radius 1 is 1.07 bits per heavy atom. The molecule has 6 nitrogen and oxygen atoms in total. The molecule has 1 saturated heterocycles. The summed E-state index contributed by atoms with van der Waals surface area (Å²) in [6, 6.07) is 10.0. The molecule has 27 heavy (non-hydrogen) atoms. The van der Waals surface area contributed by atoms with Gasteiger partial charge in [-0.3, -0.25) is 4.79 Å². The largest absolute Gasteiger partial charge is 0.372 e. The third kappa shape index (κ3) is 4.76. The number of amides is 1. The molecule has 1 aromatic carbocycles. The van der Waals surface area contributed by atoms with Crippen molar-refractivity contribution < 1.29 is 4.79 Å². The van der Waals surface area contributed by atoms with Gasteiger partial charge in [-0.25, -0.2) is 9.97 Å². The van der Waals surface area contributed by atoms with E-state index >= 15 is 0 Å². The first-order chi connectivity index (χ1) is 13.1. The summed E-state index contributed by atoms with van der Waals surface area (Å²) in [5.74, 6) is 1.25. The van der Waals surface area contributed by atoms with Crippen molar-refractivity contribution in [1.82, 2.24) is 14.9 Å². The fourth-order valence-corrected chi connectivity index (χ4v) is 3.49. The second-order valence-corrected chi connectivity index (χ2v) is 6.88. The molecule has 0 saturated carbocycles. The number of aryl methyl sites for hydroxylation is 1. The van der Waals surface area contributed by atoms with Crippen molar-refractivity contribution in [3.63, 3.8) is 0 Å². The van der Waals surface area contributed by atoms with Crippen LogP contribution in [-0.4, -0.2) is 47.0 Å². The maximum absolute atomic E-state index is 12.7. The minimum atomic E-state index is 0.000122. The lowest BCUT2D eigenvalue weighted by molar-refractivity contribution is 0.0718. The number of carbonyl (C=O) groups excluding carboxylic acids is 1. The fraction of sp³-hybridized carbons (Fsp3) is 0.476. The number of nitrogens with zero attached hydrogens (tertiary/aromatic N) is 4. The molecule has 144 valence electrons. The van der Waals surface area contributed by atoms with Crippen LogP contribution in [0.25, 0.3) is 0 Å². The van der Waals surface area contributed by atoms with Crippen LogP contribution in [0.15, 0.2) is 30.3 Å². The van der Waals surface area contributed by atoms with Gasteiger partial charge >= 0.3 is 0 Å². The average Bonchev–Trinajstić information content (AvgIpc) is 2.70. The van der Waals surface area contributed by atoms with Crippen LogP contribution in [0.4, 0.5) is 17.2 Å². The lowest BCUT2D eigenvalue weighted by atomic mass is 10.1. The first kappa shape index (κ1) is 19.1. The van der Waals surface area contributed by atoms with E-state index < -0.39 is 0 Å². The monoisotopic (exact) mass is 367 g/mol. The number of hydrogen-bond acceptors (Lipinski definition) is 5. The number of likely N-dealkylation sites (tertiary alicyclic amines) is 1. The van der Waals surface area contributed by atoms with E-state index in [2.05, 4.69) is 46.2 Å². The lowest BCUT2D eigenvalue weighted by Gasteiger charge is -2.26. The predicted molar refractivity (Wildman–Crippen MR) is 110 cm³/mol. The molecule has 1 fully saturated rings. The van der Waals surface area contributed by atoms with E-state index in [-0.39, 0.29) is 5.91 Å². The Labute approximate surface area is 161 Å². The summed E-state index contributed by atoms with van der Waals surface area (Å²) in [5.41, 5.74) is 2.61. The highest BCUT2D eigenvalue weighted by molar-refractivity contribution is 5.93. The van der Waals surface area contributed by atoms with Gasteiger partial charge < -0.3 is 15.1 Å². The Bertz CT molecular complexity index is 765. The zero-order valence-electron chi connectivity index (χ0n) is 16.5. The molecule has 2 heterocycles. The van der Waals surface area contributed by atoms with Crippen LogP contribution in [-0.2, 0) is 0 Å². The maximum atomic E-state index is 12.7. The third-order valence-corrected chi connectivity index (χ3v) is 4.97. The van der Waals surface area contributed by atoms with Gasteiger partial charge in [-0.2, -0.15) is 0 Å². The number of anilines is 3. The minimum Gasteiger partial charge on any atom is -0.372 e. The molecule has 1 aliphatic heterocycles. The van der Waals surface area contributed by atoms with Crippen LogP contribution < -0.4 is 10.2 Å². The summed E-state index contributed by atoms with van der Waals surface area (Å²) >= 11 is 0. The van der Waals surface area contributed by atoms with Crippen molar-refractivity contribution >= 4 is 23.1 Å². The van der Waals surface area contributed by atoms with E-state index in [9.17, 15) is 4.79 Å². The summed E-state index contributed by atoms with van der Waals surface area (Å²) in [5, 5.41) is 3.30. The summed E-state index contributed by atoms with van der Waals surface area (Å²) in [6.07, 6.45) is 3.34. The van der Waals surface area contributed by atoms with Crippen LogP contribution in [0.3, 0.4) is 0 Å². The number of rotatable bonds is 6. The molecule has 0 atom stereocenters. The molecule has 1 aromatic heterocycles. The average molecular weight is 367 g/mol. The molecular weight excluding hydrogens is 338 g/mol. The van der Waals surface area contributed by atoms with Gasteiger partial charge in [-0.15, -0.1) is 0 Å². The second kappa shape index (κ2) is 8.84. The zero-order chi connectivity index (χ0) is 19.2. The molecule has 6 heteroatoms. The van der Waals surface area contributed by atoms with E-state index in [1.165, 1.54) is 12.1 Å². The second-order valence-electron chi connectivity index (χ2n) is 6.88. The van der Waals surface area contributed by atoms with Gasteiger partial charge in [0.2, 0.25) is 0 Å². The smallest absolute Gasteiger partial charge is 0.272 e. The highest BCUT2D eigenvalue weighted by Crippen LogP contribution is 2.21. The quantitative estimate of drug-likeness (QED) is 0.836. The molecule has 1 aliphatic rings. The zero-order valence-corrected chi connectivity index (χ0v) is 16.5.